The summed E-state index contributed by atoms with van der Waals surface area (Å²) in [5, 5.41) is 7.72. The van der Waals surface area contributed by atoms with Crippen LogP contribution in [-0.4, -0.2) is 33.5 Å². The second-order valence-electron chi connectivity index (χ2n) is 4.06. The molecule has 0 spiro atoms. The van der Waals surface area contributed by atoms with Crippen molar-refractivity contribution in [2.75, 3.05) is 33.5 Å². The second kappa shape index (κ2) is 8.45. The Hall–Kier alpha value is -0.720. The largest absolute Gasteiger partial charge is 0.382 e. The molecule has 0 unspecified atom stereocenters. The quantitative estimate of drug-likeness (QED) is 0.721. The van der Waals surface area contributed by atoms with E-state index in [1.54, 1.807) is 29.8 Å². The molecule has 0 atom stereocenters. The van der Waals surface area contributed by atoms with Crippen LogP contribution in [0.15, 0.2) is 29.0 Å². The van der Waals surface area contributed by atoms with Gasteiger partial charge in [0, 0.05) is 35.5 Å². The number of hydrogen-bond donors (Lipinski definition) is 1. The van der Waals surface area contributed by atoms with E-state index in [1.165, 1.54) is 15.3 Å². The lowest BCUT2D eigenvalue weighted by atomic mass is 10.2. The van der Waals surface area contributed by atoms with Gasteiger partial charge in [-0.2, -0.15) is 0 Å². The zero-order valence-electron chi connectivity index (χ0n) is 11.1. The Morgan fingerprint density at radius 1 is 1.21 bits per heavy atom. The molecule has 0 saturated heterocycles. The van der Waals surface area contributed by atoms with Crippen LogP contribution in [0.2, 0.25) is 0 Å². The molecule has 2 heterocycles. The van der Waals surface area contributed by atoms with Crippen LogP contribution in [0.5, 0.6) is 0 Å². The van der Waals surface area contributed by atoms with Crippen molar-refractivity contribution in [3.63, 3.8) is 0 Å². The molecule has 0 aliphatic carbocycles. The molecule has 0 aromatic carbocycles. The van der Waals surface area contributed by atoms with E-state index in [2.05, 4.69) is 34.3 Å². The highest BCUT2D eigenvalue weighted by atomic mass is 32.1. The summed E-state index contributed by atoms with van der Waals surface area (Å²) in [5.41, 5.74) is 1.33. The average molecular weight is 297 g/mol. The summed E-state index contributed by atoms with van der Waals surface area (Å²) in [6.07, 6.45) is 0. The van der Waals surface area contributed by atoms with E-state index in [0.717, 1.165) is 19.7 Å². The van der Waals surface area contributed by atoms with Crippen molar-refractivity contribution in [2.24, 2.45) is 0 Å². The monoisotopic (exact) mass is 297 g/mol. The van der Waals surface area contributed by atoms with Crippen molar-refractivity contribution < 1.29 is 9.47 Å². The first-order valence-electron chi connectivity index (χ1n) is 6.29. The van der Waals surface area contributed by atoms with Crippen molar-refractivity contribution in [1.82, 2.24) is 5.32 Å². The molecular weight excluding hydrogens is 278 g/mol. The molecule has 104 valence electrons. The average Bonchev–Trinajstić information content (AvgIpc) is 3.08. The number of methoxy groups -OCH3 is 1. The number of hydrogen-bond acceptors (Lipinski definition) is 5. The highest BCUT2D eigenvalue weighted by molar-refractivity contribution is 7.14. The Bertz CT molecular complexity index is 454. The minimum atomic E-state index is 0.662. The molecule has 3 nitrogen and oxygen atoms in total. The Balaban J connectivity index is 1.64. The minimum Gasteiger partial charge on any atom is -0.382 e. The third kappa shape index (κ3) is 5.04. The SMILES string of the molecule is COCCOCCNCc1cc(-c2cccs2)cs1. The van der Waals surface area contributed by atoms with Gasteiger partial charge in [0.25, 0.3) is 0 Å². The van der Waals surface area contributed by atoms with Crippen molar-refractivity contribution in [1.29, 1.82) is 0 Å². The van der Waals surface area contributed by atoms with Gasteiger partial charge in [0.15, 0.2) is 0 Å². The van der Waals surface area contributed by atoms with Crippen LogP contribution in [0, 0.1) is 0 Å². The molecule has 0 bridgehead atoms. The lowest BCUT2D eigenvalue weighted by Crippen LogP contribution is -2.19. The molecule has 2 aromatic rings. The van der Waals surface area contributed by atoms with Gasteiger partial charge in [-0.3, -0.25) is 0 Å². The predicted octanol–water partition coefficient (Wildman–Crippen LogP) is 3.23. The maximum atomic E-state index is 5.39. The summed E-state index contributed by atoms with van der Waals surface area (Å²) in [7, 11) is 1.68. The molecule has 0 radical (unpaired) electrons. The van der Waals surface area contributed by atoms with Crippen LogP contribution >= 0.6 is 22.7 Å². The van der Waals surface area contributed by atoms with E-state index in [0.29, 0.717) is 13.2 Å². The summed E-state index contributed by atoms with van der Waals surface area (Å²) in [6, 6.07) is 6.51. The topological polar surface area (TPSA) is 30.5 Å². The van der Waals surface area contributed by atoms with Gasteiger partial charge in [0.05, 0.1) is 19.8 Å². The molecular formula is C14H19NO2S2. The number of ether oxygens (including phenoxy) is 2. The van der Waals surface area contributed by atoms with Gasteiger partial charge in [-0.25, -0.2) is 0 Å². The summed E-state index contributed by atoms with van der Waals surface area (Å²) in [6.45, 7) is 3.83. The summed E-state index contributed by atoms with van der Waals surface area (Å²) in [4.78, 5) is 2.70. The fourth-order valence-electron chi connectivity index (χ4n) is 1.65. The highest BCUT2D eigenvalue weighted by Gasteiger charge is 2.02. The summed E-state index contributed by atoms with van der Waals surface area (Å²) < 4.78 is 10.3. The van der Waals surface area contributed by atoms with E-state index in [-0.39, 0.29) is 0 Å². The molecule has 0 aliphatic heterocycles. The zero-order chi connectivity index (χ0) is 13.3. The van der Waals surface area contributed by atoms with Gasteiger partial charge in [0.2, 0.25) is 0 Å². The smallest absolute Gasteiger partial charge is 0.0700 e. The van der Waals surface area contributed by atoms with Crippen molar-refractivity contribution in [2.45, 2.75) is 6.54 Å². The van der Waals surface area contributed by atoms with Crippen LogP contribution in [-0.2, 0) is 16.0 Å². The number of nitrogens with one attached hydrogen (secondary N) is 1. The Labute approximate surface area is 122 Å². The Morgan fingerprint density at radius 2 is 2.16 bits per heavy atom. The summed E-state index contributed by atoms with van der Waals surface area (Å²) >= 11 is 3.59. The van der Waals surface area contributed by atoms with Crippen LogP contribution in [0.25, 0.3) is 10.4 Å². The van der Waals surface area contributed by atoms with Crippen molar-refractivity contribution >= 4 is 22.7 Å². The standard InChI is InChI=1S/C14H19NO2S2/c1-16-6-7-17-5-4-15-10-13-9-12(11-19-13)14-3-2-8-18-14/h2-3,8-9,11,15H,4-7,10H2,1H3. The molecule has 19 heavy (non-hydrogen) atoms. The van der Waals surface area contributed by atoms with Crippen LogP contribution in [0.4, 0.5) is 0 Å². The fraction of sp³-hybridized carbons (Fsp3) is 0.429. The van der Waals surface area contributed by atoms with Gasteiger partial charge >= 0.3 is 0 Å². The second-order valence-corrected chi connectivity index (χ2v) is 6.00. The zero-order valence-corrected chi connectivity index (χ0v) is 12.7. The van der Waals surface area contributed by atoms with Gasteiger partial charge in [0.1, 0.15) is 0 Å². The predicted molar refractivity (Wildman–Crippen MR) is 82.0 cm³/mol. The van der Waals surface area contributed by atoms with Crippen molar-refractivity contribution in [3.8, 4) is 10.4 Å². The maximum Gasteiger partial charge on any atom is 0.0700 e. The molecule has 0 fully saturated rings. The van der Waals surface area contributed by atoms with Gasteiger partial charge in [-0.05, 0) is 22.9 Å². The van der Waals surface area contributed by atoms with E-state index >= 15 is 0 Å². The van der Waals surface area contributed by atoms with Gasteiger partial charge in [-0.1, -0.05) is 6.07 Å². The van der Waals surface area contributed by atoms with E-state index in [4.69, 9.17) is 9.47 Å². The lowest BCUT2D eigenvalue weighted by Gasteiger charge is -2.04. The van der Waals surface area contributed by atoms with Crippen LogP contribution in [0.3, 0.4) is 0 Å². The molecule has 2 rings (SSSR count). The number of rotatable bonds is 9. The first-order valence-corrected chi connectivity index (χ1v) is 8.05. The maximum absolute atomic E-state index is 5.39. The molecule has 0 amide bonds. The van der Waals surface area contributed by atoms with Gasteiger partial charge in [-0.15, -0.1) is 22.7 Å². The first-order chi connectivity index (χ1) is 9.40. The third-order valence-corrected chi connectivity index (χ3v) is 4.47. The van der Waals surface area contributed by atoms with Crippen LogP contribution < -0.4 is 5.32 Å². The van der Waals surface area contributed by atoms with E-state index in [1.807, 2.05) is 0 Å². The fourth-order valence-corrected chi connectivity index (χ4v) is 3.29. The molecule has 2 aromatic heterocycles. The lowest BCUT2D eigenvalue weighted by molar-refractivity contribution is 0.0719. The van der Waals surface area contributed by atoms with E-state index < -0.39 is 0 Å². The third-order valence-electron chi connectivity index (χ3n) is 2.61. The highest BCUT2D eigenvalue weighted by Crippen LogP contribution is 2.29. The van der Waals surface area contributed by atoms with Crippen LogP contribution in [0.1, 0.15) is 4.88 Å². The van der Waals surface area contributed by atoms with Crippen molar-refractivity contribution in [3.05, 3.63) is 33.8 Å². The van der Waals surface area contributed by atoms with Gasteiger partial charge < -0.3 is 14.8 Å². The molecule has 1 N–H and O–H groups in total. The number of thiophene rings is 2. The Kier molecular flexibility index (Phi) is 6.53. The Morgan fingerprint density at radius 3 is 2.95 bits per heavy atom. The molecule has 0 aliphatic rings. The molecule has 0 saturated carbocycles. The first kappa shape index (κ1) is 14.7. The minimum absolute atomic E-state index is 0.662. The van der Waals surface area contributed by atoms with E-state index in [9.17, 15) is 0 Å². The normalized spacial score (nSPS) is 11.0. The summed E-state index contributed by atoms with van der Waals surface area (Å²) in [5.74, 6) is 0. The molecule has 5 heteroatoms.